The number of unbranched alkanes of at least 4 members (excludes halogenated alkanes) is 2. The Balaban J connectivity index is 1.21. The Morgan fingerprint density at radius 3 is 2.15 bits per heavy atom. The molecule has 0 heterocycles. The van der Waals surface area contributed by atoms with Crippen molar-refractivity contribution in [3.63, 3.8) is 0 Å². The molecule has 2 aromatic carbocycles. The van der Waals surface area contributed by atoms with Crippen LogP contribution in [0.15, 0.2) is 30.3 Å². The number of hydrogen-bond acceptors (Lipinski definition) is 5. The number of fused-ring (bicyclic) bond motifs is 5. The zero-order chi connectivity index (χ0) is 38.3. The molecule has 0 radical (unpaired) electrons. The Kier molecular flexibility index (Phi) is 11.5. The average Bonchev–Trinajstić information content (AvgIpc) is 3.37. The molecule has 16 heteroatoms. The first-order valence-corrected chi connectivity index (χ1v) is 17.1. The van der Waals surface area contributed by atoms with Crippen molar-refractivity contribution in [1.82, 2.24) is 0 Å². The van der Waals surface area contributed by atoms with Gasteiger partial charge in [-0.1, -0.05) is 13.0 Å². The predicted molar refractivity (Wildman–Crippen MR) is 167 cm³/mol. The van der Waals surface area contributed by atoms with E-state index in [1.807, 2.05) is 19.1 Å². The number of rotatable bonds is 13. The van der Waals surface area contributed by atoms with Crippen LogP contribution >= 0.6 is 0 Å². The predicted octanol–water partition coefficient (Wildman–Crippen LogP) is 9.99. The molecule has 290 valence electrons. The lowest BCUT2D eigenvalue weighted by atomic mass is 9.55. The van der Waals surface area contributed by atoms with E-state index in [-0.39, 0.29) is 36.5 Å². The number of aryl methyl sites for hydroxylation is 1. The maximum Gasteiger partial charge on any atom is 0.435 e. The Morgan fingerprint density at radius 2 is 1.54 bits per heavy atom. The second-order valence-electron chi connectivity index (χ2n) is 14.3. The Hall–Kier alpha value is -3.14. The molecule has 5 nitrogen and oxygen atoms in total. The quantitative estimate of drug-likeness (QED) is 0.0881. The van der Waals surface area contributed by atoms with Crippen molar-refractivity contribution in [3.8, 4) is 5.75 Å². The number of benzene rings is 2. The third-order valence-corrected chi connectivity index (χ3v) is 11.3. The molecule has 3 aliphatic rings. The Morgan fingerprint density at radius 1 is 0.885 bits per heavy atom. The summed E-state index contributed by atoms with van der Waals surface area (Å²) < 4.78 is 164. The standard InChI is InChI=1S/C36H40F11NO4/c1-32-13-12-25-24-9-7-23(50-19-21-16-28(37)31(29(38)17-21)48(2)14-4-3-5-15-49)18-22(24)6-8-26(25)27(32)10-11-30(32)51-20-52-33(34(39,40)41,35(42,43)44)36(45,46)47/h7,9,15-18,25-27,30H,3-6,8,10-14,19-20H2,1-2H3. The summed E-state index contributed by atoms with van der Waals surface area (Å²) in [6.45, 7) is 0.258. The van der Waals surface area contributed by atoms with Gasteiger partial charge < -0.3 is 23.9 Å². The highest BCUT2D eigenvalue weighted by Crippen LogP contribution is 2.62. The SMILES string of the molecule is CN(CCCCC=O)c1c(F)cc(COc2ccc3c(c2)CCC2C3CCC3(C)C(OCOC(C(F)(F)F)(C(F)(F)F)C(F)(F)F)CCC23)cc1F. The first-order valence-electron chi connectivity index (χ1n) is 17.1. The van der Waals surface area contributed by atoms with Gasteiger partial charge in [0.2, 0.25) is 0 Å². The number of aldehydes is 1. The van der Waals surface area contributed by atoms with Gasteiger partial charge in [0.05, 0.1) is 6.10 Å². The van der Waals surface area contributed by atoms with Crippen molar-refractivity contribution in [2.75, 3.05) is 25.3 Å². The van der Waals surface area contributed by atoms with E-state index in [9.17, 15) is 53.1 Å². The van der Waals surface area contributed by atoms with E-state index in [0.29, 0.717) is 69.2 Å². The number of nitrogens with zero attached hydrogens (tertiary/aromatic N) is 1. The lowest BCUT2D eigenvalue weighted by Gasteiger charge is -2.50. The third-order valence-electron chi connectivity index (χ3n) is 11.3. The molecule has 2 aromatic rings. The van der Waals surface area contributed by atoms with Crippen molar-refractivity contribution in [1.29, 1.82) is 0 Å². The summed E-state index contributed by atoms with van der Waals surface area (Å²) >= 11 is 0. The molecular weight excluding hydrogens is 719 g/mol. The van der Waals surface area contributed by atoms with Gasteiger partial charge in [-0.15, -0.1) is 0 Å². The number of anilines is 1. The molecule has 5 unspecified atom stereocenters. The largest absolute Gasteiger partial charge is 0.489 e. The highest BCUT2D eigenvalue weighted by Gasteiger charge is 2.85. The monoisotopic (exact) mass is 759 g/mol. The normalized spacial score (nSPS) is 24.9. The average molecular weight is 760 g/mol. The molecule has 52 heavy (non-hydrogen) atoms. The molecule has 2 saturated carbocycles. The summed E-state index contributed by atoms with van der Waals surface area (Å²) in [4.78, 5) is 12.0. The van der Waals surface area contributed by atoms with Crippen LogP contribution in [0.4, 0.5) is 54.0 Å². The van der Waals surface area contributed by atoms with E-state index in [0.717, 1.165) is 17.4 Å². The van der Waals surface area contributed by atoms with Crippen LogP contribution in [0.25, 0.3) is 0 Å². The van der Waals surface area contributed by atoms with Crippen LogP contribution in [0.1, 0.15) is 80.9 Å². The van der Waals surface area contributed by atoms with Gasteiger partial charge in [0.25, 0.3) is 0 Å². The van der Waals surface area contributed by atoms with Crippen molar-refractivity contribution in [3.05, 3.63) is 58.7 Å². The zero-order valence-electron chi connectivity index (χ0n) is 28.5. The fourth-order valence-electron chi connectivity index (χ4n) is 8.73. The van der Waals surface area contributed by atoms with Crippen LogP contribution in [0, 0.1) is 28.9 Å². The van der Waals surface area contributed by atoms with Gasteiger partial charge in [0.1, 0.15) is 42.8 Å². The van der Waals surface area contributed by atoms with Gasteiger partial charge in [-0.05, 0) is 115 Å². The molecule has 2 fully saturated rings. The summed E-state index contributed by atoms with van der Waals surface area (Å²) in [6, 6.07) is 7.99. The van der Waals surface area contributed by atoms with Gasteiger partial charge in [-0.25, -0.2) is 8.78 Å². The molecule has 0 saturated heterocycles. The topological polar surface area (TPSA) is 48.0 Å². The fourth-order valence-corrected chi connectivity index (χ4v) is 8.73. The molecule has 0 spiro atoms. The van der Waals surface area contributed by atoms with Gasteiger partial charge in [0, 0.05) is 20.0 Å². The summed E-state index contributed by atoms with van der Waals surface area (Å²) in [6.07, 6.45) is -15.8. The minimum absolute atomic E-state index is 0.0407. The number of alkyl halides is 9. The molecule has 0 bridgehead atoms. The minimum Gasteiger partial charge on any atom is -0.489 e. The van der Waals surface area contributed by atoms with Crippen LogP contribution in [0.5, 0.6) is 5.75 Å². The van der Waals surface area contributed by atoms with Crippen LogP contribution < -0.4 is 9.64 Å². The molecule has 5 rings (SSSR count). The molecule has 5 atom stereocenters. The van der Waals surface area contributed by atoms with E-state index in [4.69, 9.17) is 9.47 Å². The van der Waals surface area contributed by atoms with Gasteiger partial charge in [-0.2, -0.15) is 39.5 Å². The second kappa shape index (κ2) is 14.9. The van der Waals surface area contributed by atoms with E-state index < -0.39 is 54.1 Å². The van der Waals surface area contributed by atoms with Gasteiger partial charge in [0.15, 0.2) is 0 Å². The van der Waals surface area contributed by atoms with Crippen LogP contribution in [-0.2, 0) is 27.3 Å². The van der Waals surface area contributed by atoms with E-state index in [2.05, 4.69) is 4.74 Å². The summed E-state index contributed by atoms with van der Waals surface area (Å²) in [7, 11) is 1.57. The van der Waals surface area contributed by atoms with Crippen LogP contribution in [0.2, 0.25) is 0 Å². The molecule has 0 aromatic heterocycles. The lowest BCUT2D eigenvalue weighted by molar-refractivity contribution is -0.467. The third kappa shape index (κ3) is 7.47. The van der Waals surface area contributed by atoms with E-state index in [1.165, 1.54) is 17.0 Å². The Bertz CT molecular complexity index is 1520. The van der Waals surface area contributed by atoms with Gasteiger partial charge in [-0.3, -0.25) is 0 Å². The van der Waals surface area contributed by atoms with Crippen LogP contribution in [-0.4, -0.2) is 56.9 Å². The molecule has 0 amide bonds. The Labute approximate surface area is 293 Å². The highest BCUT2D eigenvalue weighted by atomic mass is 19.4. The first-order chi connectivity index (χ1) is 24.2. The van der Waals surface area contributed by atoms with Crippen molar-refractivity contribution < 1.29 is 67.3 Å². The molecule has 0 aliphatic heterocycles. The highest BCUT2D eigenvalue weighted by molar-refractivity contribution is 5.51. The molecule has 3 aliphatic carbocycles. The summed E-state index contributed by atoms with van der Waals surface area (Å²) in [5.74, 6) is -0.828. The number of carbonyl (C=O) groups excluding carboxylic acids is 1. The molecular formula is C36H40F11NO4. The zero-order valence-corrected chi connectivity index (χ0v) is 28.5. The second-order valence-corrected chi connectivity index (χ2v) is 14.3. The van der Waals surface area contributed by atoms with Gasteiger partial charge >= 0.3 is 24.1 Å². The maximum atomic E-state index is 14.9. The minimum atomic E-state index is -6.83. The fraction of sp³-hybridized carbons (Fsp3) is 0.639. The van der Waals surface area contributed by atoms with Crippen LogP contribution in [0.3, 0.4) is 0 Å². The number of halogens is 11. The number of carbonyl (C=O) groups is 1. The van der Waals surface area contributed by atoms with E-state index in [1.54, 1.807) is 13.1 Å². The molecule has 0 N–H and O–H groups in total. The first kappa shape index (κ1) is 40.1. The number of hydrogen-bond donors (Lipinski definition) is 0. The van der Waals surface area contributed by atoms with E-state index >= 15 is 0 Å². The summed E-state index contributed by atoms with van der Waals surface area (Å²) in [5.41, 5.74) is -4.86. The van der Waals surface area contributed by atoms with Crippen molar-refractivity contribution in [2.45, 2.75) is 107 Å². The maximum absolute atomic E-state index is 14.9. The smallest absolute Gasteiger partial charge is 0.435 e. The van der Waals surface area contributed by atoms with Crippen molar-refractivity contribution >= 4 is 12.0 Å². The summed E-state index contributed by atoms with van der Waals surface area (Å²) in [5, 5.41) is 0. The van der Waals surface area contributed by atoms with Crippen molar-refractivity contribution in [2.24, 2.45) is 17.3 Å². The lowest BCUT2D eigenvalue weighted by Crippen LogP contribution is -2.68. The number of ether oxygens (including phenoxy) is 3.